The molecule has 6 heteroatoms. The highest BCUT2D eigenvalue weighted by Gasteiger charge is 2.19. The zero-order valence-corrected chi connectivity index (χ0v) is 9.37. The minimum Gasteiger partial charge on any atom is -0.342 e. The molecule has 0 aliphatic carbocycles. The van der Waals surface area contributed by atoms with Gasteiger partial charge in [0.2, 0.25) is 5.22 Å². The molecule has 0 radical (unpaired) electrons. The van der Waals surface area contributed by atoms with Gasteiger partial charge in [0, 0.05) is 0 Å². The normalized spacial score (nSPS) is 10.7. The van der Waals surface area contributed by atoms with Crippen LogP contribution < -0.4 is 0 Å². The number of benzene rings is 1. The summed E-state index contributed by atoms with van der Waals surface area (Å²) in [7, 11) is 0. The van der Waals surface area contributed by atoms with Gasteiger partial charge in [0.15, 0.2) is 0 Å². The standard InChI is InChI=1S/C9H3Cl3FNO/c10-4-2-1-3-5(13)6(4)8-7(11)9(12)15-14-8/h1-3H. The number of rotatable bonds is 1. The van der Waals surface area contributed by atoms with Crippen LogP contribution in [0.25, 0.3) is 11.3 Å². The maximum absolute atomic E-state index is 13.5. The lowest BCUT2D eigenvalue weighted by Crippen LogP contribution is -1.86. The fraction of sp³-hybridized carbons (Fsp3) is 0. The van der Waals surface area contributed by atoms with Crippen LogP contribution in [0, 0.1) is 5.82 Å². The molecule has 0 aliphatic rings. The van der Waals surface area contributed by atoms with Gasteiger partial charge in [-0.05, 0) is 23.7 Å². The smallest absolute Gasteiger partial charge is 0.245 e. The molecule has 0 amide bonds. The van der Waals surface area contributed by atoms with Crippen LogP contribution in [-0.2, 0) is 0 Å². The van der Waals surface area contributed by atoms with E-state index in [0.717, 1.165) is 0 Å². The summed E-state index contributed by atoms with van der Waals surface area (Å²) in [5.74, 6) is -0.533. The Labute approximate surface area is 99.5 Å². The van der Waals surface area contributed by atoms with Crippen molar-refractivity contribution in [2.75, 3.05) is 0 Å². The van der Waals surface area contributed by atoms with Gasteiger partial charge in [0.1, 0.15) is 16.5 Å². The summed E-state index contributed by atoms with van der Waals surface area (Å²) < 4.78 is 18.1. The van der Waals surface area contributed by atoms with Crippen molar-refractivity contribution in [3.63, 3.8) is 0 Å². The molecule has 0 saturated heterocycles. The molecule has 0 atom stereocenters. The molecule has 1 heterocycles. The molecule has 2 aromatic rings. The molecule has 2 rings (SSSR count). The van der Waals surface area contributed by atoms with Gasteiger partial charge < -0.3 is 4.52 Å². The lowest BCUT2D eigenvalue weighted by molar-refractivity contribution is 0.423. The van der Waals surface area contributed by atoms with E-state index < -0.39 is 5.82 Å². The highest BCUT2D eigenvalue weighted by atomic mass is 35.5. The Bertz CT molecular complexity index is 492. The highest BCUT2D eigenvalue weighted by Crippen LogP contribution is 2.37. The lowest BCUT2D eigenvalue weighted by atomic mass is 10.1. The zero-order chi connectivity index (χ0) is 11.0. The van der Waals surface area contributed by atoms with E-state index in [-0.39, 0.29) is 26.5 Å². The van der Waals surface area contributed by atoms with E-state index in [2.05, 4.69) is 9.68 Å². The topological polar surface area (TPSA) is 26.0 Å². The van der Waals surface area contributed by atoms with Crippen molar-refractivity contribution in [2.45, 2.75) is 0 Å². The minimum atomic E-state index is -0.533. The fourth-order valence-electron chi connectivity index (χ4n) is 1.14. The molecule has 0 spiro atoms. The Balaban J connectivity index is 2.69. The van der Waals surface area contributed by atoms with Gasteiger partial charge in [0.05, 0.1) is 10.6 Å². The van der Waals surface area contributed by atoms with Crippen LogP contribution >= 0.6 is 34.8 Å². The van der Waals surface area contributed by atoms with E-state index in [4.69, 9.17) is 34.8 Å². The average Bonchev–Trinajstić information content (AvgIpc) is 2.49. The number of hydrogen-bond donors (Lipinski definition) is 0. The third-order valence-corrected chi connectivity index (χ3v) is 2.82. The molecule has 78 valence electrons. The van der Waals surface area contributed by atoms with Crippen molar-refractivity contribution in [3.8, 4) is 11.3 Å². The van der Waals surface area contributed by atoms with Gasteiger partial charge in [-0.15, -0.1) is 0 Å². The van der Waals surface area contributed by atoms with E-state index >= 15 is 0 Å². The molecule has 0 saturated carbocycles. The van der Waals surface area contributed by atoms with Crippen molar-refractivity contribution >= 4 is 34.8 Å². The summed E-state index contributed by atoms with van der Waals surface area (Å²) >= 11 is 17.2. The molecule has 0 aliphatic heterocycles. The van der Waals surface area contributed by atoms with E-state index in [1.54, 1.807) is 0 Å². The second-order valence-corrected chi connectivity index (χ2v) is 3.84. The Morgan fingerprint density at radius 1 is 1.20 bits per heavy atom. The molecule has 1 aromatic carbocycles. The predicted molar refractivity (Wildman–Crippen MR) is 56.9 cm³/mol. The Kier molecular flexibility index (Phi) is 2.87. The van der Waals surface area contributed by atoms with Crippen molar-refractivity contribution in [1.29, 1.82) is 0 Å². The highest BCUT2D eigenvalue weighted by molar-refractivity contribution is 6.43. The van der Waals surface area contributed by atoms with Crippen molar-refractivity contribution in [2.24, 2.45) is 0 Å². The van der Waals surface area contributed by atoms with Crippen LogP contribution in [0.2, 0.25) is 15.3 Å². The van der Waals surface area contributed by atoms with Crippen molar-refractivity contribution in [1.82, 2.24) is 5.16 Å². The molecule has 0 bridgehead atoms. The second kappa shape index (κ2) is 4.00. The van der Waals surface area contributed by atoms with Gasteiger partial charge in [-0.25, -0.2) is 4.39 Å². The first-order valence-electron chi connectivity index (χ1n) is 3.86. The van der Waals surface area contributed by atoms with Crippen molar-refractivity contribution in [3.05, 3.63) is 39.3 Å². The zero-order valence-electron chi connectivity index (χ0n) is 7.10. The quantitative estimate of drug-likeness (QED) is 0.762. The van der Waals surface area contributed by atoms with Crippen LogP contribution in [0.5, 0.6) is 0 Å². The van der Waals surface area contributed by atoms with Gasteiger partial charge in [-0.3, -0.25) is 0 Å². The minimum absolute atomic E-state index is 0.0451. The third kappa shape index (κ3) is 1.83. The first-order chi connectivity index (χ1) is 7.11. The van der Waals surface area contributed by atoms with E-state index in [1.807, 2.05) is 0 Å². The SMILES string of the molecule is Fc1cccc(Cl)c1-c1noc(Cl)c1Cl. The van der Waals surface area contributed by atoms with Gasteiger partial charge in [-0.2, -0.15) is 0 Å². The van der Waals surface area contributed by atoms with Gasteiger partial charge in [0.25, 0.3) is 0 Å². The number of halogens is 4. The summed E-state index contributed by atoms with van der Waals surface area (Å²) in [4.78, 5) is 0. The molecule has 2 nitrogen and oxygen atoms in total. The van der Waals surface area contributed by atoms with Gasteiger partial charge >= 0.3 is 0 Å². The lowest BCUT2D eigenvalue weighted by Gasteiger charge is -2.01. The summed E-state index contributed by atoms with van der Waals surface area (Å²) in [6.07, 6.45) is 0. The fourth-order valence-corrected chi connectivity index (χ4v) is 1.68. The molecule has 0 N–H and O–H groups in total. The third-order valence-electron chi connectivity index (χ3n) is 1.80. The molecule has 15 heavy (non-hydrogen) atoms. The summed E-state index contributed by atoms with van der Waals surface area (Å²) in [5, 5.41) is 3.69. The van der Waals surface area contributed by atoms with Crippen LogP contribution in [-0.4, -0.2) is 5.16 Å². The second-order valence-electron chi connectivity index (χ2n) is 2.72. The maximum Gasteiger partial charge on any atom is 0.245 e. The Morgan fingerprint density at radius 3 is 2.47 bits per heavy atom. The molecular formula is C9H3Cl3FNO. The van der Waals surface area contributed by atoms with Crippen LogP contribution in [0.15, 0.2) is 22.7 Å². The van der Waals surface area contributed by atoms with Crippen LogP contribution in [0.4, 0.5) is 4.39 Å². The maximum atomic E-state index is 13.5. The Hall–Kier alpha value is -0.770. The number of aromatic nitrogens is 1. The molecule has 1 aromatic heterocycles. The average molecular weight is 266 g/mol. The molecular weight excluding hydrogens is 263 g/mol. The monoisotopic (exact) mass is 265 g/mol. The van der Waals surface area contributed by atoms with Gasteiger partial charge in [-0.1, -0.05) is 34.4 Å². The summed E-state index contributed by atoms with van der Waals surface area (Å²) in [6.45, 7) is 0. The first-order valence-corrected chi connectivity index (χ1v) is 4.99. The Morgan fingerprint density at radius 2 is 1.93 bits per heavy atom. The number of hydrogen-bond acceptors (Lipinski definition) is 2. The predicted octanol–water partition coefficient (Wildman–Crippen LogP) is 4.44. The van der Waals surface area contributed by atoms with E-state index in [0.29, 0.717) is 0 Å². The van der Waals surface area contributed by atoms with E-state index in [9.17, 15) is 4.39 Å². The van der Waals surface area contributed by atoms with Crippen molar-refractivity contribution < 1.29 is 8.91 Å². The summed E-state index contributed by atoms with van der Waals surface area (Å²) in [5.41, 5.74) is 0.185. The largest absolute Gasteiger partial charge is 0.342 e. The number of nitrogens with zero attached hydrogens (tertiary/aromatic N) is 1. The summed E-state index contributed by atoms with van der Waals surface area (Å²) in [6, 6.07) is 4.26. The van der Waals surface area contributed by atoms with Crippen LogP contribution in [0.3, 0.4) is 0 Å². The van der Waals surface area contributed by atoms with E-state index in [1.165, 1.54) is 18.2 Å². The first kappa shape index (κ1) is 10.7. The molecule has 0 unspecified atom stereocenters. The van der Waals surface area contributed by atoms with Crippen LogP contribution in [0.1, 0.15) is 0 Å². The molecule has 0 fully saturated rings.